The Labute approximate surface area is 207 Å². The van der Waals surface area contributed by atoms with Crippen molar-refractivity contribution < 1.29 is 14.0 Å². The minimum atomic E-state index is -0.201. The number of nitrogens with one attached hydrogen (secondary N) is 1. The van der Waals surface area contributed by atoms with Gasteiger partial charge in [-0.15, -0.1) is 0 Å². The molecule has 3 fully saturated rings. The van der Waals surface area contributed by atoms with E-state index in [2.05, 4.69) is 64.5 Å². The molecule has 0 unspecified atom stereocenters. The highest BCUT2D eigenvalue weighted by Gasteiger charge is 2.55. The van der Waals surface area contributed by atoms with Gasteiger partial charge in [-0.25, -0.2) is 9.78 Å². The third kappa shape index (κ3) is 4.56. The van der Waals surface area contributed by atoms with Crippen LogP contribution in [0.25, 0.3) is 0 Å². The lowest BCUT2D eigenvalue weighted by molar-refractivity contribution is -0.121. The van der Waals surface area contributed by atoms with E-state index < -0.39 is 0 Å². The molecular formula is C27H37N5O3. The van der Waals surface area contributed by atoms with Crippen LogP contribution in [0.2, 0.25) is 0 Å². The van der Waals surface area contributed by atoms with Crippen molar-refractivity contribution in [3.05, 3.63) is 54.2 Å². The van der Waals surface area contributed by atoms with E-state index in [1.54, 1.807) is 4.90 Å². The maximum Gasteiger partial charge on any atom is 0.321 e. The van der Waals surface area contributed by atoms with Crippen LogP contribution in [-0.2, 0) is 16.9 Å². The van der Waals surface area contributed by atoms with Crippen molar-refractivity contribution in [1.29, 1.82) is 0 Å². The van der Waals surface area contributed by atoms with Gasteiger partial charge in [0.1, 0.15) is 12.8 Å². The Bertz CT molecular complexity index is 1010. The Kier molecular flexibility index (Phi) is 6.57. The molecule has 2 aliphatic carbocycles. The number of nitrogens with zero attached hydrogens (tertiary/aromatic N) is 4. The van der Waals surface area contributed by atoms with Crippen LogP contribution < -0.4 is 5.32 Å². The fourth-order valence-corrected chi connectivity index (χ4v) is 6.25. The number of carbonyl (C=O) groups excluding carboxylic acids is 2. The largest absolute Gasteiger partial charge is 0.451 e. The van der Waals surface area contributed by atoms with E-state index in [-0.39, 0.29) is 29.6 Å². The highest BCUT2D eigenvalue weighted by atomic mass is 16.3. The number of rotatable bonds is 8. The van der Waals surface area contributed by atoms with Gasteiger partial charge in [-0.2, -0.15) is 0 Å². The van der Waals surface area contributed by atoms with Gasteiger partial charge >= 0.3 is 6.03 Å². The van der Waals surface area contributed by atoms with Crippen LogP contribution >= 0.6 is 0 Å². The molecule has 3 aliphatic rings. The lowest BCUT2D eigenvalue weighted by Crippen LogP contribution is -2.56. The molecule has 1 saturated heterocycles. The number of benzene rings is 1. The molecule has 1 aliphatic heterocycles. The molecule has 1 spiro atoms. The van der Waals surface area contributed by atoms with Crippen molar-refractivity contribution in [3.8, 4) is 0 Å². The zero-order chi connectivity index (χ0) is 24.5. The van der Waals surface area contributed by atoms with Crippen LogP contribution in [0.1, 0.15) is 56.2 Å². The van der Waals surface area contributed by atoms with Crippen LogP contribution in [0.4, 0.5) is 4.79 Å². The van der Waals surface area contributed by atoms with Gasteiger partial charge in [0.2, 0.25) is 5.91 Å². The summed E-state index contributed by atoms with van der Waals surface area (Å²) in [4.78, 5) is 36.6. The number of oxazole rings is 1. The minimum Gasteiger partial charge on any atom is -0.451 e. The van der Waals surface area contributed by atoms with E-state index in [9.17, 15) is 9.59 Å². The fraction of sp³-hybridized carbons (Fsp3) is 0.593. The SMILES string of the molecule is CN(C)[C@]1(c2ccccc2)CC[C@]2(CC1)CN(CC(=O)NCc1cocn1)C(=O)N2CC1CCC1. The van der Waals surface area contributed by atoms with Crippen molar-refractivity contribution in [3.63, 3.8) is 0 Å². The van der Waals surface area contributed by atoms with E-state index in [4.69, 9.17) is 4.42 Å². The summed E-state index contributed by atoms with van der Waals surface area (Å²) in [5.41, 5.74) is 1.79. The van der Waals surface area contributed by atoms with Crippen LogP contribution in [-0.4, -0.2) is 70.9 Å². The standard InChI is InChI=1S/C27H37N5O3/c1-30(2)27(22-9-4-3-5-10-22)13-11-26(12-14-27)19-31(25(34)32(26)16-21-7-6-8-21)17-24(33)28-15-23-18-35-20-29-23/h3-5,9-10,18,20-21H,6-8,11-17,19H2,1-2H3,(H,28,33)/t26-,27+. The molecule has 0 bridgehead atoms. The molecule has 1 aromatic heterocycles. The van der Waals surface area contributed by atoms with E-state index in [0.717, 1.165) is 32.2 Å². The van der Waals surface area contributed by atoms with E-state index in [0.29, 0.717) is 24.7 Å². The molecule has 0 atom stereocenters. The topological polar surface area (TPSA) is 81.9 Å². The summed E-state index contributed by atoms with van der Waals surface area (Å²) in [6, 6.07) is 10.8. The lowest BCUT2D eigenvalue weighted by atomic mass is 9.68. The third-order valence-corrected chi connectivity index (χ3v) is 8.68. The van der Waals surface area contributed by atoms with Crippen molar-refractivity contribution in [2.24, 2.45) is 5.92 Å². The Balaban J connectivity index is 1.31. The lowest BCUT2D eigenvalue weighted by Gasteiger charge is -2.51. The molecule has 8 nitrogen and oxygen atoms in total. The first-order valence-electron chi connectivity index (χ1n) is 12.9. The van der Waals surface area contributed by atoms with Crippen LogP contribution in [0.15, 0.2) is 47.4 Å². The van der Waals surface area contributed by atoms with Gasteiger partial charge in [0.25, 0.3) is 0 Å². The van der Waals surface area contributed by atoms with Crippen molar-refractivity contribution >= 4 is 11.9 Å². The van der Waals surface area contributed by atoms with Crippen molar-refractivity contribution in [2.45, 2.75) is 62.6 Å². The Hall–Kier alpha value is -2.87. The average molecular weight is 480 g/mol. The first kappa shape index (κ1) is 23.9. The summed E-state index contributed by atoms with van der Waals surface area (Å²) in [6.07, 6.45) is 10.4. The van der Waals surface area contributed by atoms with Crippen LogP contribution in [0.3, 0.4) is 0 Å². The monoisotopic (exact) mass is 479 g/mol. The summed E-state index contributed by atoms with van der Waals surface area (Å²) in [5.74, 6) is 0.427. The summed E-state index contributed by atoms with van der Waals surface area (Å²) in [7, 11) is 4.34. The van der Waals surface area contributed by atoms with Gasteiger partial charge in [-0.3, -0.25) is 9.69 Å². The second-order valence-corrected chi connectivity index (χ2v) is 10.8. The smallest absolute Gasteiger partial charge is 0.321 e. The highest BCUT2D eigenvalue weighted by molar-refractivity contribution is 5.86. The maximum atomic E-state index is 13.6. The molecule has 2 saturated carbocycles. The number of aromatic nitrogens is 1. The predicted octanol–water partition coefficient (Wildman–Crippen LogP) is 3.60. The fourth-order valence-electron chi connectivity index (χ4n) is 6.25. The van der Waals surface area contributed by atoms with Crippen LogP contribution in [0.5, 0.6) is 0 Å². The maximum absolute atomic E-state index is 13.6. The van der Waals surface area contributed by atoms with Gasteiger partial charge in [0.15, 0.2) is 6.39 Å². The second-order valence-electron chi connectivity index (χ2n) is 10.8. The molecule has 188 valence electrons. The molecule has 8 heteroatoms. The van der Waals surface area contributed by atoms with Crippen molar-refractivity contribution in [1.82, 2.24) is 25.0 Å². The van der Waals surface area contributed by atoms with Gasteiger partial charge in [0, 0.05) is 18.6 Å². The Morgan fingerprint density at radius 1 is 1.17 bits per heavy atom. The number of carbonyl (C=O) groups is 2. The second kappa shape index (κ2) is 9.64. The first-order valence-corrected chi connectivity index (χ1v) is 12.9. The van der Waals surface area contributed by atoms with Gasteiger partial charge in [0.05, 0.1) is 17.8 Å². The summed E-state index contributed by atoms with van der Waals surface area (Å²) >= 11 is 0. The third-order valence-electron chi connectivity index (χ3n) is 8.68. The molecule has 2 aromatic rings. The molecular weight excluding hydrogens is 442 g/mol. The van der Waals surface area contributed by atoms with Gasteiger partial charge in [-0.1, -0.05) is 36.8 Å². The van der Waals surface area contributed by atoms with Crippen LogP contribution in [0, 0.1) is 5.92 Å². The number of hydrogen-bond acceptors (Lipinski definition) is 5. The Morgan fingerprint density at radius 2 is 1.91 bits per heavy atom. The average Bonchev–Trinajstić information content (AvgIpc) is 3.43. The quantitative estimate of drug-likeness (QED) is 0.626. The van der Waals surface area contributed by atoms with E-state index >= 15 is 0 Å². The number of amides is 3. The molecule has 0 radical (unpaired) electrons. The predicted molar refractivity (Wildman–Crippen MR) is 132 cm³/mol. The van der Waals surface area contributed by atoms with E-state index in [1.807, 2.05) is 0 Å². The molecule has 2 heterocycles. The molecule has 3 amide bonds. The number of urea groups is 1. The van der Waals surface area contributed by atoms with E-state index in [1.165, 1.54) is 37.5 Å². The van der Waals surface area contributed by atoms with Gasteiger partial charge < -0.3 is 19.5 Å². The van der Waals surface area contributed by atoms with Crippen molar-refractivity contribution in [2.75, 3.05) is 33.7 Å². The Morgan fingerprint density at radius 3 is 2.51 bits per heavy atom. The zero-order valence-electron chi connectivity index (χ0n) is 20.9. The molecule has 1 N–H and O–H groups in total. The minimum absolute atomic E-state index is 0.0190. The van der Waals surface area contributed by atoms with Gasteiger partial charge in [-0.05, 0) is 64.1 Å². The molecule has 35 heavy (non-hydrogen) atoms. The molecule has 5 rings (SSSR count). The first-order chi connectivity index (χ1) is 16.9. The summed E-state index contributed by atoms with van der Waals surface area (Å²) in [5, 5.41) is 2.87. The summed E-state index contributed by atoms with van der Waals surface area (Å²) in [6.45, 7) is 1.82. The molecule has 1 aromatic carbocycles. The zero-order valence-corrected chi connectivity index (χ0v) is 20.9. The summed E-state index contributed by atoms with van der Waals surface area (Å²) < 4.78 is 4.97. The normalized spacial score (nSPS) is 27.0. The number of hydrogen-bond donors (Lipinski definition) is 1. The highest BCUT2D eigenvalue weighted by Crippen LogP contribution is 2.49.